The first-order chi connectivity index (χ1) is 13.2. The van der Waals surface area contributed by atoms with Gasteiger partial charge in [-0.2, -0.15) is 4.98 Å². The molecule has 3 aromatic heterocycles. The summed E-state index contributed by atoms with van der Waals surface area (Å²) in [5.41, 5.74) is 1.79. The molecule has 8 heteroatoms. The number of hydrogen-bond donors (Lipinski definition) is 1. The van der Waals surface area contributed by atoms with Crippen LogP contribution in [0.5, 0.6) is 0 Å². The Morgan fingerprint density at radius 3 is 2.96 bits per heavy atom. The van der Waals surface area contributed by atoms with Crippen molar-refractivity contribution in [3.63, 3.8) is 0 Å². The van der Waals surface area contributed by atoms with E-state index in [1.54, 1.807) is 6.20 Å². The lowest BCUT2D eigenvalue weighted by Crippen LogP contribution is -2.29. The summed E-state index contributed by atoms with van der Waals surface area (Å²) in [4.78, 5) is 19.9. The van der Waals surface area contributed by atoms with Crippen LogP contribution in [-0.4, -0.2) is 45.2 Å². The number of anilines is 1. The van der Waals surface area contributed by atoms with E-state index in [4.69, 9.17) is 4.52 Å². The Kier molecular flexibility index (Phi) is 5.06. The molecule has 4 rings (SSSR count). The third-order valence-electron chi connectivity index (χ3n) is 4.69. The Morgan fingerprint density at radius 1 is 1.26 bits per heavy atom. The Labute approximate surface area is 158 Å². The van der Waals surface area contributed by atoms with Crippen molar-refractivity contribution in [3.8, 4) is 11.5 Å². The van der Waals surface area contributed by atoms with Gasteiger partial charge >= 0.3 is 0 Å². The molecule has 140 valence electrons. The van der Waals surface area contributed by atoms with Crippen LogP contribution < -0.4 is 10.2 Å². The summed E-state index contributed by atoms with van der Waals surface area (Å²) in [6.45, 7) is 4.46. The molecule has 0 bridgehead atoms. The summed E-state index contributed by atoms with van der Waals surface area (Å²) in [5, 5.41) is 7.47. The summed E-state index contributed by atoms with van der Waals surface area (Å²) in [7, 11) is 1.97. The summed E-state index contributed by atoms with van der Waals surface area (Å²) in [5.74, 6) is 3.09. The van der Waals surface area contributed by atoms with Gasteiger partial charge in [0.15, 0.2) is 0 Å². The van der Waals surface area contributed by atoms with Gasteiger partial charge in [0.2, 0.25) is 11.7 Å². The van der Waals surface area contributed by atoms with E-state index in [1.165, 1.54) is 6.42 Å². The van der Waals surface area contributed by atoms with Gasteiger partial charge in [-0.25, -0.2) is 9.97 Å². The van der Waals surface area contributed by atoms with Gasteiger partial charge in [-0.3, -0.25) is 4.98 Å². The predicted octanol–water partition coefficient (Wildman–Crippen LogP) is 2.33. The highest BCUT2D eigenvalue weighted by molar-refractivity contribution is 5.47. The zero-order chi connectivity index (χ0) is 18.6. The molecule has 1 fully saturated rings. The van der Waals surface area contributed by atoms with Gasteiger partial charge in [0, 0.05) is 31.8 Å². The van der Waals surface area contributed by atoms with Crippen LogP contribution in [0, 0.1) is 6.92 Å². The number of pyridine rings is 1. The number of aromatic nitrogens is 5. The van der Waals surface area contributed by atoms with E-state index in [2.05, 4.69) is 36.5 Å². The summed E-state index contributed by atoms with van der Waals surface area (Å²) in [6, 6.07) is 7.68. The van der Waals surface area contributed by atoms with E-state index in [9.17, 15) is 0 Å². The van der Waals surface area contributed by atoms with Crippen LogP contribution in [0.25, 0.3) is 11.5 Å². The molecule has 3 aromatic rings. The topological polar surface area (TPSA) is 92.9 Å². The zero-order valence-electron chi connectivity index (χ0n) is 15.6. The lowest BCUT2D eigenvalue weighted by atomic mass is 9.96. The maximum absolute atomic E-state index is 5.39. The molecule has 0 saturated carbocycles. The number of nitrogens with zero attached hydrogens (tertiary/aromatic N) is 6. The van der Waals surface area contributed by atoms with Crippen LogP contribution in [0.1, 0.15) is 36.2 Å². The molecular formula is C19H23N7O. The zero-order valence-corrected chi connectivity index (χ0v) is 15.6. The van der Waals surface area contributed by atoms with E-state index in [0.29, 0.717) is 29.9 Å². The molecule has 0 unspecified atom stereocenters. The molecule has 0 aliphatic carbocycles. The lowest BCUT2D eigenvalue weighted by Gasteiger charge is -2.24. The Morgan fingerprint density at radius 2 is 2.19 bits per heavy atom. The average molecular weight is 365 g/mol. The van der Waals surface area contributed by atoms with Crippen LogP contribution in [0.3, 0.4) is 0 Å². The number of hydrogen-bond acceptors (Lipinski definition) is 8. The van der Waals surface area contributed by atoms with Gasteiger partial charge < -0.3 is 14.7 Å². The lowest BCUT2D eigenvalue weighted by molar-refractivity contribution is 0.378. The Balaban J connectivity index is 1.50. The minimum atomic E-state index is 0.437. The minimum absolute atomic E-state index is 0.437. The molecule has 0 spiro atoms. The van der Waals surface area contributed by atoms with E-state index in [0.717, 1.165) is 36.8 Å². The van der Waals surface area contributed by atoms with Crippen LogP contribution in [-0.2, 0) is 6.54 Å². The van der Waals surface area contributed by atoms with Gasteiger partial charge in [-0.15, -0.1) is 0 Å². The van der Waals surface area contributed by atoms with Crippen molar-refractivity contribution in [2.75, 3.05) is 25.0 Å². The molecule has 1 aliphatic heterocycles. The molecule has 0 aromatic carbocycles. The van der Waals surface area contributed by atoms with Crippen molar-refractivity contribution in [2.45, 2.75) is 32.2 Å². The first-order valence-corrected chi connectivity index (χ1v) is 9.20. The van der Waals surface area contributed by atoms with Crippen molar-refractivity contribution in [1.82, 2.24) is 30.4 Å². The summed E-state index contributed by atoms with van der Waals surface area (Å²) >= 11 is 0. The van der Waals surface area contributed by atoms with Crippen LogP contribution in [0.15, 0.2) is 35.0 Å². The van der Waals surface area contributed by atoms with Crippen LogP contribution in [0.2, 0.25) is 0 Å². The van der Waals surface area contributed by atoms with Crippen molar-refractivity contribution in [3.05, 3.63) is 47.9 Å². The SMILES string of the molecule is Cc1nc([C@H]2CCCNC2)cc(N(C)Cc2nc(-c3ccccn3)no2)n1. The monoisotopic (exact) mass is 365 g/mol. The predicted molar refractivity (Wildman–Crippen MR) is 101 cm³/mol. The van der Waals surface area contributed by atoms with Gasteiger partial charge in [0.05, 0.1) is 12.2 Å². The maximum atomic E-state index is 5.39. The van der Waals surface area contributed by atoms with Crippen molar-refractivity contribution < 1.29 is 4.52 Å². The standard InChI is InChI=1S/C19H23N7O/c1-13-22-16(14-6-5-8-20-11-14)10-17(23-13)26(2)12-18-24-19(25-27-18)15-7-3-4-9-21-15/h3-4,7,9-10,14,20H,5-6,8,11-12H2,1-2H3/t14-/m0/s1. The third kappa shape index (κ3) is 4.11. The fraction of sp³-hybridized carbons (Fsp3) is 0.421. The van der Waals surface area contributed by atoms with Crippen molar-refractivity contribution in [1.29, 1.82) is 0 Å². The molecule has 1 saturated heterocycles. The van der Waals surface area contributed by atoms with E-state index >= 15 is 0 Å². The highest BCUT2D eigenvalue weighted by Gasteiger charge is 2.19. The second kappa shape index (κ2) is 7.79. The highest BCUT2D eigenvalue weighted by atomic mass is 16.5. The number of piperidine rings is 1. The number of aryl methyl sites for hydroxylation is 1. The summed E-state index contributed by atoms with van der Waals surface area (Å²) in [6.07, 6.45) is 4.05. The number of nitrogens with one attached hydrogen (secondary N) is 1. The van der Waals surface area contributed by atoms with Gasteiger partial charge in [-0.1, -0.05) is 11.2 Å². The van der Waals surface area contributed by atoms with E-state index in [-0.39, 0.29) is 0 Å². The van der Waals surface area contributed by atoms with Crippen LogP contribution >= 0.6 is 0 Å². The minimum Gasteiger partial charge on any atom is -0.350 e. The largest absolute Gasteiger partial charge is 0.350 e. The highest BCUT2D eigenvalue weighted by Crippen LogP contribution is 2.25. The molecular weight excluding hydrogens is 342 g/mol. The van der Waals surface area contributed by atoms with E-state index < -0.39 is 0 Å². The molecule has 0 amide bonds. The normalized spacial score (nSPS) is 17.0. The fourth-order valence-corrected chi connectivity index (χ4v) is 3.29. The molecule has 4 heterocycles. The first-order valence-electron chi connectivity index (χ1n) is 9.20. The Bertz CT molecular complexity index is 890. The van der Waals surface area contributed by atoms with E-state index in [1.807, 2.05) is 37.1 Å². The molecule has 1 atom stereocenters. The second-order valence-corrected chi connectivity index (χ2v) is 6.82. The van der Waals surface area contributed by atoms with Gasteiger partial charge in [-0.05, 0) is 38.4 Å². The molecule has 8 nitrogen and oxygen atoms in total. The fourth-order valence-electron chi connectivity index (χ4n) is 3.29. The average Bonchev–Trinajstić information content (AvgIpc) is 3.17. The molecule has 1 N–H and O–H groups in total. The first kappa shape index (κ1) is 17.5. The summed E-state index contributed by atoms with van der Waals surface area (Å²) < 4.78 is 5.39. The molecule has 27 heavy (non-hydrogen) atoms. The maximum Gasteiger partial charge on any atom is 0.246 e. The smallest absolute Gasteiger partial charge is 0.246 e. The number of rotatable bonds is 5. The van der Waals surface area contributed by atoms with Crippen molar-refractivity contribution >= 4 is 5.82 Å². The van der Waals surface area contributed by atoms with Gasteiger partial charge in [0.25, 0.3) is 0 Å². The molecule has 0 radical (unpaired) electrons. The second-order valence-electron chi connectivity index (χ2n) is 6.82. The van der Waals surface area contributed by atoms with Crippen molar-refractivity contribution in [2.24, 2.45) is 0 Å². The third-order valence-corrected chi connectivity index (χ3v) is 4.69. The molecule has 1 aliphatic rings. The quantitative estimate of drug-likeness (QED) is 0.736. The Hall–Kier alpha value is -2.87. The van der Waals surface area contributed by atoms with Gasteiger partial charge in [0.1, 0.15) is 17.3 Å². The van der Waals surface area contributed by atoms with Crippen LogP contribution in [0.4, 0.5) is 5.82 Å².